The summed E-state index contributed by atoms with van der Waals surface area (Å²) in [6.07, 6.45) is -0.867. The molecule has 4 rings (SSSR count). The lowest BCUT2D eigenvalue weighted by molar-refractivity contribution is 0.0539. The first kappa shape index (κ1) is 53.2. The van der Waals surface area contributed by atoms with Crippen molar-refractivity contribution in [1.82, 2.24) is 20.9 Å². The number of anilines is 2. The highest BCUT2D eigenvalue weighted by molar-refractivity contribution is 6.08. The van der Waals surface area contributed by atoms with Gasteiger partial charge in [0.05, 0.1) is 12.8 Å². The van der Waals surface area contributed by atoms with Crippen molar-refractivity contribution in [3.63, 3.8) is 0 Å². The number of hydrogen-bond acceptors (Lipinski definition) is 11. The van der Waals surface area contributed by atoms with Crippen LogP contribution in [0.4, 0.5) is 30.6 Å². The summed E-state index contributed by atoms with van der Waals surface area (Å²) >= 11 is 0. The van der Waals surface area contributed by atoms with Gasteiger partial charge in [-0.25, -0.2) is 19.2 Å². The third kappa shape index (κ3) is 18.4. The van der Waals surface area contributed by atoms with Crippen molar-refractivity contribution in [1.29, 1.82) is 0 Å². The van der Waals surface area contributed by atoms with Gasteiger partial charge in [-0.2, -0.15) is 0 Å². The second-order valence-corrected chi connectivity index (χ2v) is 19.5. The van der Waals surface area contributed by atoms with Gasteiger partial charge in [-0.3, -0.25) is 20.2 Å². The highest BCUT2D eigenvalue weighted by Gasteiger charge is 2.26. The van der Waals surface area contributed by atoms with Gasteiger partial charge in [0.2, 0.25) is 11.9 Å². The Kier molecular flexibility index (Phi) is 17.5. The fraction of sp³-hybridized carbons (Fsp3) is 0.429. The van der Waals surface area contributed by atoms with E-state index < -0.39 is 58.6 Å². The second kappa shape index (κ2) is 22.4. The van der Waals surface area contributed by atoms with Gasteiger partial charge in [-0.1, -0.05) is 24.3 Å². The number of ether oxygens (including phenoxy) is 5. The van der Waals surface area contributed by atoms with E-state index in [1.807, 2.05) is 18.2 Å². The third-order valence-electron chi connectivity index (χ3n) is 8.83. The van der Waals surface area contributed by atoms with Gasteiger partial charge in [0.25, 0.3) is 11.8 Å². The van der Waals surface area contributed by atoms with Crippen molar-refractivity contribution in [3.8, 4) is 5.75 Å². The van der Waals surface area contributed by atoms with E-state index in [-0.39, 0.29) is 18.5 Å². The summed E-state index contributed by atoms with van der Waals surface area (Å²) in [6.45, 7) is 21.4. The molecule has 3 aromatic carbocycles. The number of alkyl carbamates (subject to hydrolysis) is 2. The lowest BCUT2D eigenvalue weighted by atomic mass is 9.99. The van der Waals surface area contributed by atoms with Crippen LogP contribution in [0.25, 0.3) is 5.57 Å². The topological polar surface area (TPSA) is 237 Å². The van der Waals surface area contributed by atoms with Crippen LogP contribution >= 0.6 is 0 Å². The molecule has 0 radical (unpaired) electrons. The van der Waals surface area contributed by atoms with Crippen LogP contribution in [0.3, 0.4) is 0 Å². The van der Waals surface area contributed by atoms with Crippen molar-refractivity contribution < 1.29 is 52.5 Å². The number of amides is 6. The number of carbonyl (C=O) groups excluding carboxylic acids is 6. The molecular formula is C49H64N8O11. The number of methoxy groups -OCH3 is 1. The molecule has 0 atom stereocenters. The molecule has 1 aliphatic heterocycles. The van der Waals surface area contributed by atoms with Crippen LogP contribution in [0.5, 0.6) is 5.75 Å². The largest absolute Gasteiger partial charge is 0.495 e. The van der Waals surface area contributed by atoms with Crippen molar-refractivity contribution in [2.75, 3.05) is 30.8 Å². The van der Waals surface area contributed by atoms with E-state index in [0.717, 1.165) is 16.7 Å². The SMILES string of the molecule is COc1cc(C2=CCN(/C(=N/C(=O)OC(C)(C)C)NC(=O)OC(C)(C)C)CC2)ccc1NC(=O)c1ccc(C(=O)Nc2ccc(CN/C(=N/C(=O)OC(C)(C)C)NC(=O)OC(C)(C)C)cc2)cc1. The minimum absolute atomic E-state index is 0.00221. The number of benzene rings is 3. The highest BCUT2D eigenvalue weighted by atomic mass is 16.6. The minimum atomic E-state index is -0.906. The molecule has 0 bridgehead atoms. The number of carbonyl (C=O) groups is 6. The van der Waals surface area contributed by atoms with Crippen LogP contribution in [-0.4, -0.2) is 95.6 Å². The molecule has 5 N–H and O–H groups in total. The quantitative estimate of drug-likeness (QED) is 0.0806. The fourth-order valence-corrected chi connectivity index (χ4v) is 6.01. The summed E-state index contributed by atoms with van der Waals surface area (Å²) < 4.78 is 26.9. The van der Waals surface area contributed by atoms with Crippen molar-refractivity contribution in [3.05, 3.63) is 95.1 Å². The number of hydrogen-bond donors (Lipinski definition) is 5. The van der Waals surface area contributed by atoms with E-state index in [2.05, 4.69) is 36.6 Å². The summed E-state index contributed by atoms with van der Waals surface area (Å²) in [5.74, 6) is -0.570. The van der Waals surface area contributed by atoms with Gasteiger partial charge in [0.1, 0.15) is 28.2 Å². The van der Waals surface area contributed by atoms with E-state index in [0.29, 0.717) is 47.8 Å². The minimum Gasteiger partial charge on any atom is -0.495 e. The van der Waals surface area contributed by atoms with Crippen LogP contribution in [0.15, 0.2) is 82.8 Å². The Morgan fingerprint density at radius 1 is 0.618 bits per heavy atom. The molecule has 68 heavy (non-hydrogen) atoms. The molecule has 0 aromatic heterocycles. The van der Waals surface area contributed by atoms with Crippen molar-refractivity contribution >= 4 is 65.1 Å². The Balaban J connectivity index is 1.36. The highest BCUT2D eigenvalue weighted by Crippen LogP contribution is 2.32. The van der Waals surface area contributed by atoms with Crippen LogP contribution < -0.4 is 31.3 Å². The maximum atomic E-state index is 13.4. The molecule has 0 fully saturated rings. The average Bonchev–Trinajstić information content (AvgIpc) is 3.20. The predicted molar refractivity (Wildman–Crippen MR) is 259 cm³/mol. The zero-order valence-corrected chi connectivity index (χ0v) is 41.1. The van der Waals surface area contributed by atoms with E-state index in [9.17, 15) is 28.8 Å². The molecular weight excluding hydrogens is 877 g/mol. The number of nitrogens with one attached hydrogen (secondary N) is 5. The Labute approximate surface area is 397 Å². The molecule has 0 saturated carbocycles. The van der Waals surface area contributed by atoms with E-state index in [1.165, 1.54) is 31.4 Å². The molecule has 0 saturated heterocycles. The smallest absolute Gasteiger partial charge is 0.437 e. The van der Waals surface area contributed by atoms with Gasteiger partial charge in [0, 0.05) is 36.4 Å². The molecule has 6 amide bonds. The molecule has 1 aliphatic rings. The van der Waals surface area contributed by atoms with Crippen LogP contribution in [-0.2, 0) is 25.5 Å². The number of guanidine groups is 2. The lowest BCUT2D eigenvalue weighted by Gasteiger charge is -2.30. The monoisotopic (exact) mass is 940 g/mol. The molecule has 0 aliphatic carbocycles. The zero-order valence-electron chi connectivity index (χ0n) is 41.1. The van der Waals surface area contributed by atoms with Crippen molar-refractivity contribution in [2.45, 2.75) is 118 Å². The predicted octanol–water partition coefficient (Wildman–Crippen LogP) is 9.01. The van der Waals surface area contributed by atoms with Gasteiger partial charge in [-0.05, 0) is 155 Å². The first-order chi connectivity index (χ1) is 31.5. The van der Waals surface area contributed by atoms with Crippen LogP contribution in [0.1, 0.15) is 121 Å². The third-order valence-corrected chi connectivity index (χ3v) is 8.83. The summed E-state index contributed by atoms with van der Waals surface area (Å²) in [7, 11) is 1.50. The van der Waals surface area contributed by atoms with Crippen LogP contribution in [0.2, 0.25) is 0 Å². The Hall–Kier alpha value is -7.44. The summed E-state index contributed by atoms with van der Waals surface area (Å²) in [5.41, 5.74) is 0.953. The molecule has 1 heterocycles. The molecule has 19 heteroatoms. The fourth-order valence-electron chi connectivity index (χ4n) is 6.01. The summed E-state index contributed by atoms with van der Waals surface area (Å²) in [5, 5.41) is 13.7. The molecule has 3 aromatic rings. The van der Waals surface area contributed by atoms with Gasteiger partial charge < -0.3 is 44.5 Å². The summed E-state index contributed by atoms with van der Waals surface area (Å²) in [6, 6.07) is 18.4. The second-order valence-electron chi connectivity index (χ2n) is 19.5. The Morgan fingerprint density at radius 3 is 1.63 bits per heavy atom. The summed E-state index contributed by atoms with van der Waals surface area (Å²) in [4.78, 5) is 86.3. The first-order valence-corrected chi connectivity index (χ1v) is 21.9. The van der Waals surface area contributed by atoms with Gasteiger partial charge in [0.15, 0.2) is 0 Å². The lowest BCUT2D eigenvalue weighted by Crippen LogP contribution is -2.48. The van der Waals surface area contributed by atoms with E-state index >= 15 is 0 Å². The number of nitrogens with zero attached hydrogens (tertiary/aromatic N) is 3. The van der Waals surface area contributed by atoms with E-state index in [4.69, 9.17) is 23.7 Å². The maximum Gasteiger partial charge on any atom is 0.437 e. The number of aliphatic imine (C=N–C) groups is 2. The van der Waals surface area contributed by atoms with Gasteiger partial charge in [-0.15, -0.1) is 9.98 Å². The first-order valence-electron chi connectivity index (χ1n) is 21.9. The Morgan fingerprint density at radius 2 is 1.13 bits per heavy atom. The van der Waals surface area contributed by atoms with Crippen LogP contribution in [0, 0.1) is 0 Å². The normalized spacial score (nSPS) is 13.5. The number of rotatable bonds is 8. The average molecular weight is 941 g/mol. The molecule has 0 unspecified atom stereocenters. The van der Waals surface area contributed by atoms with Crippen molar-refractivity contribution in [2.24, 2.45) is 9.98 Å². The zero-order chi connectivity index (χ0) is 50.6. The standard InChI is InChI=1S/C49H64N8O11/c1-46(2,3)65-42(60)53-40(54-43(61)66-47(4,5)6)50-29-30-14-21-35(22-15-30)51-38(58)32-16-18-33(19-17-32)39(59)52-36-23-20-34(28-37(36)64-13)31-24-26-57(27-25-31)41(55-44(62)67-48(7,8)9)56-45(63)68-49(10,11)12/h14-24,28H,25-27,29H2,1-13H3,(H,51,58)(H,52,59)(H,55,56,62,63)(H2,50,53,54,60,61). The molecule has 19 nitrogen and oxygen atoms in total. The Bertz CT molecular complexity index is 2420. The molecule has 366 valence electrons. The van der Waals surface area contributed by atoms with Gasteiger partial charge >= 0.3 is 24.4 Å². The van der Waals surface area contributed by atoms with E-state index in [1.54, 1.807) is 118 Å². The maximum absolute atomic E-state index is 13.4. The molecule has 0 spiro atoms.